The summed E-state index contributed by atoms with van der Waals surface area (Å²) in [6, 6.07) is 4.03. The van der Waals surface area contributed by atoms with Crippen molar-refractivity contribution in [2.45, 2.75) is 20.3 Å². The van der Waals surface area contributed by atoms with Crippen LogP contribution in [0.1, 0.15) is 30.6 Å². The number of hydrogen-bond donors (Lipinski definition) is 3. The highest BCUT2D eigenvalue weighted by molar-refractivity contribution is 7.80. The lowest BCUT2D eigenvalue weighted by Gasteiger charge is -2.24. The van der Waals surface area contributed by atoms with Gasteiger partial charge in [0.1, 0.15) is 0 Å². The van der Waals surface area contributed by atoms with Crippen molar-refractivity contribution < 1.29 is 15.0 Å². The molecule has 1 aromatic carbocycles. The number of nitrogens with two attached hydrogens (primary N) is 1. The summed E-state index contributed by atoms with van der Waals surface area (Å²) in [5, 5.41) is 18.7. The second kappa shape index (κ2) is 7.09. The average Bonchev–Trinajstić information content (AvgIpc) is 2.36. The molecule has 110 valence electrons. The summed E-state index contributed by atoms with van der Waals surface area (Å²) in [6.07, 6.45) is 0.456. The highest BCUT2D eigenvalue weighted by atomic mass is 32.1. The maximum absolute atomic E-state index is 12.4. The first kappa shape index (κ1) is 16.2. The fourth-order valence-electron chi connectivity index (χ4n) is 1.80. The second-order valence-electron chi connectivity index (χ2n) is 5.06. The smallest absolute Gasteiger partial charge is 0.254 e. The van der Waals surface area contributed by atoms with Crippen molar-refractivity contribution in [2.24, 2.45) is 11.7 Å². The first-order valence-electron chi connectivity index (χ1n) is 6.40. The molecule has 0 atom stereocenters. The van der Waals surface area contributed by atoms with Crippen molar-refractivity contribution in [3.05, 3.63) is 23.8 Å². The van der Waals surface area contributed by atoms with Gasteiger partial charge in [-0.15, -0.1) is 0 Å². The van der Waals surface area contributed by atoms with Gasteiger partial charge in [-0.05, 0) is 24.1 Å². The summed E-state index contributed by atoms with van der Waals surface area (Å²) in [5.41, 5.74) is 5.80. The lowest BCUT2D eigenvalue weighted by atomic mass is 10.1. The molecule has 0 bridgehead atoms. The van der Waals surface area contributed by atoms with Crippen LogP contribution in [0.2, 0.25) is 0 Å². The van der Waals surface area contributed by atoms with Gasteiger partial charge in [0.2, 0.25) is 0 Å². The van der Waals surface area contributed by atoms with E-state index in [0.717, 1.165) is 0 Å². The first-order valence-corrected chi connectivity index (χ1v) is 6.81. The maximum Gasteiger partial charge on any atom is 0.254 e. The number of phenolic OH excluding ortho intramolecular Hbond substituents is 2. The third kappa shape index (κ3) is 4.70. The monoisotopic (exact) mass is 296 g/mol. The minimum absolute atomic E-state index is 0.217. The summed E-state index contributed by atoms with van der Waals surface area (Å²) in [4.78, 5) is 14.4. The van der Waals surface area contributed by atoms with Crippen molar-refractivity contribution in [3.63, 3.8) is 0 Å². The van der Waals surface area contributed by atoms with Crippen LogP contribution in [0, 0.1) is 5.92 Å². The van der Waals surface area contributed by atoms with E-state index in [2.05, 4.69) is 0 Å². The lowest BCUT2D eigenvalue weighted by Crippen LogP contribution is -2.36. The Morgan fingerprint density at radius 3 is 2.50 bits per heavy atom. The van der Waals surface area contributed by atoms with Crippen LogP contribution in [0.3, 0.4) is 0 Å². The van der Waals surface area contributed by atoms with Crippen LogP contribution < -0.4 is 5.73 Å². The molecule has 0 aliphatic carbocycles. The molecule has 1 rings (SSSR count). The van der Waals surface area contributed by atoms with Gasteiger partial charge in [-0.2, -0.15) is 0 Å². The van der Waals surface area contributed by atoms with Crippen LogP contribution in [0.5, 0.6) is 11.5 Å². The molecule has 6 heteroatoms. The zero-order chi connectivity index (χ0) is 15.3. The Kier molecular flexibility index (Phi) is 5.76. The number of amides is 1. The third-order valence-corrected chi connectivity index (χ3v) is 2.93. The summed E-state index contributed by atoms with van der Waals surface area (Å²) in [5.74, 6) is -0.476. The fraction of sp³-hybridized carbons (Fsp3) is 0.429. The van der Waals surface area contributed by atoms with Gasteiger partial charge in [0.05, 0.1) is 4.99 Å². The Morgan fingerprint density at radius 2 is 2.00 bits per heavy atom. The maximum atomic E-state index is 12.4. The molecule has 0 fully saturated rings. The van der Waals surface area contributed by atoms with Gasteiger partial charge in [-0.3, -0.25) is 4.79 Å². The Bertz CT molecular complexity index is 503. The van der Waals surface area contributed by atoms with E-state index in [-0.39, 0.29) is 17.4 Å². The molecule has 0 saturated heterocycles. The molecule has 5 nitrogen and oxygen atoms in total. The van der Waals surface area contributed by atoms with E-state index < -0.39 is 0 Å². The van der Waals surface area contributed by atoms with Crippen molar-refractivity contribution in [3.8, 4) is 11.5 Å². The van der Waals surface area contributed by atoms with Gasteiger partial charge in [-0.1, -0.05) is 26.1 Å². The van der Waals surface area contributed by atoms with Crippen molar-refractivity contribution >= 4 is 23.1 Å². The van der Waals surface area contributed by atoms with E-state index in [9.17, 15) is 15.0 Å². The minimum atomic E-state index is -0.310. The van der Waals surface area contributed by atoms with Crippen molar-refractivity contribution in [1.29, 1.82) is 0 Å². The number of aromatic hydroxyl groups is 2. The Balaban J connectivity index is 2.90. The predicted molar refractivity (Wildman–Crippen MR) is 81.9 cm³/mol. The molecule has 1 aromatic rings. The number of benzene rings is 1. The molecular formula is C14H20N2O3S. The van der Waals surface area contributed by atoms with E-state index in [0.29, 0.717) is 36.0 Å². The van der Waals surface area contributed by atoms with Gasteiger partial charge >= 0.3 is 0 Å². The standard InChI is InChI=1S/C14H20N2O3S/c1-9(2)8-16(6-5-13(15)20)14(19)10-3-4-11(17)12(18)7-10/h3-4,7,9,17-18H,5-6,8H2,1-2H3,(H2,15,20). The highest BCUT2D eigenvalue weighted by Gasteiger charge is 2.18. The van der Waals surface area contributed by atoms with Crippen LogP contribution >= 0.6 is 12.2 Å². The van der Waals surface area contributed by atoms with E-state index in [1.165, 1.54) is 18.2 Å². The largest absolute Gasteiger partial charge is 0.504 e. The average molecular weight is 296 g/mol. The number of nitrogens with zero attached hydrogens (tertiary/aromatic N) is 1. The number of rotatable bonds is 6. The Morgan fingerprint density at radius 1 is 1.35 bits per heavy atom. The molecule has 0 saturated carbocycles. The lowest BCUT2D eigenvalue weighted by molar-refractivity contribution is 0.0740. The van der Waals surface area contributed by atoms with Gasteiger partial charge in [0.15, 0.2) is 11.5 Å². The van der Waals surface area contributed by atoms with E-state index in [1.54, 1.807) is 4.90 Å². The van der Waals surface area contributed by atoms with Crippen LogP contribution in [0.15, 0.2) is 18.2 Å². The van der Waals surface area contributed by atoms with Gasteiger partial charge in [0, 0.05) is 25.1 Å². The molecule has 0 aliphatic heterocycles. The number of hydrogen-bond acceptors (Lipinski definition) is 4. The summed E-state index contributed by atoms with van der Waals surface area (Å²) >= 11 is 4.84. The topological polar surface area (TPSA) is 86.8 Å². The molecule has 0 aliphatic rings. The van der Waals surface area contributed by atoms with E-state index >= 15 is 0 Å². The summed E-state index contributed by atoms with van der Waals surface area (Å²) < 4.78 is 0. The van der Waals surface area contributed by atoms with Crippen LogP contribution in [-0.4, -0.2) is 39.1 Å². The van der Waals surface area contributed by atoms with Crippen molar-refractivity contribution in [2.75, 3.05) is 13.1 Å². The minimum Gasteiger partial charge on any atom is -0.504 e. The number of carbonyl (C=O) groups is 1. The molecular weight excluding hydrogens is 276 g/mol. The predicted octanol–water partition coefficient (Wildman–Crippen LogP) is 1.87. The quantitative estimate of drug-likeness (QED) is 0.551. The SMILES string of the molecule is CC(C)CN(CCC(N)=S)C(=O)c1ccc(O)c(O)c1. The fourth-order valence-corrected chi connectivity index (χ4v) is 1.89. The Labute approximate surface area is 124 Å². The molecule has 0 radical (unpaired) electrons. The first-order chi connectivity index (χ1) is 9.31. The molecule has 0 aromatic heterocycles. The summed E-state index contributed by atoms with van der Waals surface area (Å²) in [6.45, 7) is 5.03. The molecule has 0 heterocycles. The zero-order valence-electron chi connectivity index (χ0n) is 11.7. The zero-order valence-corrected chi connectivity index (χ0v) is 12.5. The molecule has 20 heavy (non-hydrogen) atoms. The van der Waals surface area contributed by atoms with E-state index in [4.69, 9.17) is 18.0 Å². The molecule has 1 amide bonds. The van der Waals surface area contributed by atoms with Crippen molar-refractivity contribution in [1.82, 2.24) is 4.90 Å². The number of carbonyl (C=O) groups excluding carboxylic acids is 1. The van der Waals surface area contributed by atoms with Crippen LogP contribution in [0.25, 0.3) is 0 Å². The normalized spacial score (nSPS) is 10.6. The molecule has 4 N–H and O–H groups in total. The third-order valence-electron chi connectivity index (χ3n) is 2.72. The van der Waals surface area contributed by atoms with Gasteiger partial charge < -0.3 is 20.8 Å². The highest BCUT2D eigenvalue weighted by Crippen LogP contribution is 2.25. The number of phenols is 2. The van der Waals surface area contributed by atoms with Crippen LogP contribution in [-0.2, 0) is 0 Å². The summed E-state index contributed by atoms with van der Waals surface area (Å²) in [7, 11) is 0. The van der Waals surface area contributed by atoms with Gasteiger partial charge in [0.25, 0.3) is 5.91 Å². The number of thiocarbonyl (C=S) groups is 1. The van der Waals surface area contributed by atoms with Gasteiger partial charge in [-0.25, -0.2) is 0 Å². The molecule has 0 unspecified atom stereocenters. The van der Waals surface area contributed by atoms with Crippen LogP contribution in [0.4, 0.5) is 0 Å². The Hall–Kier alpha value is -1.82. The van der Waals surface area contributed by atoms with E-state index in [1.807, 2.05) is 13.8 Å². The molecule has 0 spiro atoms. The second-order valence-corrected chi connectivity index (χ2v) is 5.59.